The highest BCUT2D eigenvalue weighted by Gasteiger charge is 2.23. The zero-order chi connectivity index (χ0) is 15.3. The van der Waals surface area contributed by atoms with E-state index in [1.165, 1.54) is 25.3 Å². The van der Waals surface area contributed by atoms with Crippen molar-refractivity contribution in [2.24, 2.45) is 0 Å². The van der Waals surface area contributed by atoms with Crippen molar-refractivity contribution in [3.8, 4) is 0 Å². The normalized spacial score (nSPS) is 11.3. The highest BCUT2D eigenvalue weighted by molar-refractivity contribution is 6.21. The van der Waals surface area contributed by atoms with E-state index in [4.69, 9.17) is 0 Å². The van der Waals surface area contributed by atoms with E-state index >= 15 is 0 Å². The number of amides is 1. The molecule has 1 rings (SSSR count). The molecule has 0 aromatic carbocycles. The Balaban J connectivity index is 3.44. The quantitative estimate of drug-likeness (QED) is 0.280. The SMILES string of the molecule is COC(=O)/C(C(C)=O)=C(/O)c1cccnc1NC(C)=O. The molecule has 7 nitrogen and oxygen atoms in total. The lowest BCUT2D eigenvalue weighted by molar-refractivity contribution is -0.137. The molecule has 1 aromatic rings. The molecule has 1 heterocycles. The Bertz CT molecular complexity index is 592. The van der Waals surface area contributed by atoms with Gasteiger partial charge in [0, 0.05) is 13.1 Å². The number of hydrogen-bond donors (Lipinski definition) is 2. The summed E-state index contributed by atoms with van der Waals surface area (Å²) in [6.07, 6.45) is 1.40. The fourth-order valence-electron chi connectivity index (χ4n) is 1.51. The smallest absolute Gasteiger partial charge is 0.345 e. The number of pyridine rings is 1. The molecule has 0 spiro atoms. The second-order valence-corrected chi connectivity index (χ2v) is 3.85. The van der Waals surface area contributed by atoms with E-state index < -0.39 is 29.0 Å². The van der Waals surface area contributed by atoms with Crippen molar-refractivity contribution in [1.82, 2.24) is 4.98 Å². The topological polar surface area (TPSA) is 106 Å². The van der Waals surface area contributed by atoms with Crippen LogP contribution in [0.1, 0.15) is 19.4 Å². The van der Waals surface area contributed by atoms with Gasteiger partial charge in [0.1, 0.15) is 17.2 Å². The third-order valence-corrected chi connectivity index (χ3v) is 2.34. The van der Waals surface area contributed by atoms with Crippen molar-refractivity contribution >= 4 is 29.2 Å². The molecule has 20 heavy (non-hydrogen) atoms. The molecule has 2 N–H and O–H groups in total. The summed E-state index contributed by atoms with van der Waals surface area (Å²) in [6.45, 7) is 2.39. The number of carbonyl (C=O) groups excluding carboxylic acids is 3. The number of aliphatic hydroxyl groups excluding tert-OH is 1. The fraction of sp³-hybridized carbons (Fsp3) is 0.231. The van der Waals surface area contributed by atoms with Gasteiger partial charge in [-0.2, -0.15) is 0 Å². The van der Waals surface area contributed by atoms with Crippen LogP contribution in [0, 0.1) is 0 Å². The van der Waals surface area contributed by atoms with Crippen molar-refractivity contribution in [1.29, 1.82) is 0 Å². The van der Waals surface area contributed by atoms with E-state index in [9.17, 15) is 19.5 Å². The second-order valence-electron chi connectivity index (χ2n) is 3.85. The number of ether oxygens (including phenoxy) is 1. The number of Topliss-reactive ketones (excluding diaryl/α,β-unsaturated/α-hetero) is 1. The monoisotopic (exact) mass is 278 g/mol. The number of esters is 1. The minimum atomic E-state index is -0.965. The van der Waals surface area contributed by atoms with Crippen LogP contribution >= 0.6 is 0 Å². The number of aliphatic hydroxyl groups is 1. The molecule has 0 aliphatic heterocycles. The summed E-state index contributed by atoms with van der Waals surface area (Å²) in [5.74, 6) is -2.58. The Morgan fingerprint density at radius 2 is 1.95 bits per heavy atom. The number of aromatic nitrogens is 1. The standard InChI is InChI=1S/C13H14N2O5/c1-7(16)10(13(19)20-3)11(18)9-5-4-6-14-12(9)15-8(2)17/h4-6,18H,1-3H3,(H,14,15,17)/b11-10+. The number of methoxy groups -OCH3 is 1. The Kier molecular flexibility index (Phi) is 4.96. The Morgan fingerprint density at radius 1 is 1.30 bits per heavy atom. The molecule has 0 fully saturated rings. The summed E-state index contributed by atoms with van der Waals surface area (Å²) < 4.78 is 4.45. The second kappa shape index (κ2) is 6.46. The van der Waals surface area contributed by atoms with E-state index in [1.807, 2.05) is 0 Å². The lowest BCUT2D eigenvalue weighted by atomic mass is 10.1. The largest absolute Gasteiger partial charge is 0.506 e. The average molecular weight is 278 g/mol. The number of anilines is 1. The first-order chi connectivity index (χ1) is 9.38. The van der Waals surface area contributed by atoms with E-state index in [-0.39, 0.29) is 11.4 Å². The van der Waals surface area contributed by atoms with Gasteiger partial charge in [0.25, 0.3) is 0 Å². The van der Waals surface area contributed by atoms with Crippen LogP contribution in [0.5, 0.6) is 0 Å². The minimum absolute atomic E-state index is 0.0418. The zero-order valence-electron chi connectivity index (χ0n) is 11.3. The van der Waals surface area contributed by atoms with Crippen LogP contribution in [-0.2, 0) is 19.1 Å². The van der Waals surface area contributed by atoms with Crippen LogP contribution in [-0.4, -0.2) is 34.9 Å². The van der Waals surface area contributed by atoms with Gasteiger partial charge in [0.2, 0.25) is 5.91 Å². The first-order valence-corrected chi connectivity index (χ1v) is 5.64. The van der Waals surface area contributed by atoms with Gasteiger partial charge >= 0.3 is 5.97 Å². The van der Waals surface area contributed by atoms with Crippen molar-refractivity contribution in [3.63, 3.8) is 0 Å². The molecular weight excluding hydrogens is 264 g/mol. The fourth-order valence-corrected chi connectivity index (χ4v) is 1.51. The van der Waals surface area contributed by atoms with Crippen molar-refractivity contribution < 1.29 is 24.2 Å². The summed E-state index contributed by atoms with van der Waals surface area (Å²) in [4.78, 5) is 38.0. The molecule has 0 bridgehead atoms. The number of rotatable bonds is 4. The van der Waals surface area contributed by atoms with E-state index in [1.54, 1.807) is 0 Å². The minimum Gasteiger partial charge on any atom is -0.506 e. The molecule has 0 atom stereocenters. The van der Waals surface area contributed by atoms with Gasteiger partial charge < -0.3 is 15.2 Å². The van der Waals surface area contributed by atoms with Crippen molar-refractivity contribution in [3.05, 3.63) is 29.5 Å². The zero-order valence-corrected chi connectivity index (χ0v) is 11.3. The number of hydrogen-bond acceptors (Lipinski definition) is 6. The van der Waals surface area contributed by atoms with Gasteiger partial charge in [-0.3, -0.25) is 9.59 Å². The maximum absolute atomic E-state index is 11.5. The van der Waals surface area contributed by atoms with E-state index in [0.717, 1.165) is 14.0 Å². The third-order valence-electron chi connectivity index (χ3n) is 2.34. The maximum atomic E-state index is 11.5. The van der Waals surface area contributed by atoms with Gasteiger partial charge in [-0.1, -0.05) is 0 Å². The molecule has 0 radical (unpaired) electrons. The first-order valence-electron chi connectivity index (χ1n) is 5.64. The van der Waals surface area contributed by atoms with Crippen LogP contribution in [0.2, 0.25) is 0 Å². The summed E-state index contributed by atoms with van der Waals surface area (Å²) in [5, 5.41) is 12.5. The molecule has 0 aliphatic carbocycles. The van der Waals surface area contributed by atoms with Crippen LogP contribution in [0.15, 0.2) is 23.9 Å². The van der Waals surface area contributed by atoms with Gasteiger partial charge in [-0.25, -0.2) is 9.78 Å². The van der Waals surface area contributed by atoms with Gasteiger partial charge in [-0.05, 0) is 19.1 Å². The summed E-state index contributed by atoms with van der Waals surface area (Å²) in [6, 6.07) is 2.91. The predicted molar refractivity (Wildman–Crippen MR) is 70.8 cm³/mol. The number of nitrogens with zero attached hydrogens (tertiary/aromatic N) is 1. The van der Waals surface area contributed by atoms with Crippen LogP contribution in [0.3, 0.4) is 0 Å². The number of nitrogens with one attached hydrogen (secondary N) is 1. The summed E-state index contributed by atoms with van der Waals surface area (Å²) in [7, 11) is 1.09. The van der Waals surface area contributed by atoms with Crippen LogP contribution < -0.4 is 5.32 Å². The molecule has 0 saturated carbocycles. The highest BCUT2D eigenvalue weighted by Crippen LogP contribution is 2.23. The Morgan fingerprint density at radius 3 is 2.45 bits per heavy atom. The highest BCUT2D eigenvalue weighted by atomic mass is 16.5. The van der Waals surface area contributed by atoms with E-state index in [0.29, 0.717) is 0 Å². The van der Waals surface area contributed by atoms with Crippen LogP contribution in [0.25, 0.3) is 5.76 Å². The number of ketones is 1. The lowest BCUT2D eigenvalue weighted by Gasteiger charge is -2.10. The molecule has 7 heteroatoms. The molecule has 0 saturated heterocycles. The Labute approximate surface area is 115 Å². The predicted octanol–water partition coefficient (Wildman–Crippen LogP) is 1.07. The number of carbonyl (C=O) groups is 3. The third kappa shape index (κ3) is 3.41. The average Bonchev–Trinajstić information content (AvgIpc) is 2.38. The molecule has 0 aliphatic rings. The van der Waals surface area contributed by atoms with Crippen LogP contribution in [0.4, 0.5) is 5.82 Å². The summed E-state index contributed by atoms with van der Waals surface area (Å²) in [5.41, 5.74) is -0.453. The lowest BCUT2D eigenvalue weighted by Crippen LogP contribution is -2.16. The molecular formula is C13H14N2O5. The molecule has 1 aromatic heterocycles. The molecule has 0 unspecified atom stereocenters. The van der Waals surface area contributed by atoms with Gasteiger partial charge in [0.15, 0.2) is 5.78 Å². The van der Waals surface area contributed by atoms with E-state index in [2.05, 4.69) is 15.0 Å². The van der Waals surface area contributed by atoms with Crippen molar-refractivity contribution in [2.45, 2.75) is 13.8 Å². The van der Waals surface area contributed by atoms with Crippen molar-refractivity contribution in [2.75, 3.05) is 12.4 Å². The molecule has 1 amide bonds. The van der Waals surface area contributed by atoms with Gasteiger partial charge in [-0.15, -0.1) is 0 Å². The first kappa shape index (κ1) is 15.4. The molecule has 106 valence electrons. The van der Waals surface area contributed by atoms with Gasteiger partial charge in [0.05, 0.1) is 12.7 Å². The Hall–Kier alpha value is -2.70. The summed E-state index contributed by atoms with van der Waals surface area (Å²) >= 11 is 0. The maximum Gasteiger partial charge on any atom is 0.345 e.